The highest BCUT2D eigenvalue weighted by molar-refractivity contribution is 9.09. The molecule has 1 aliphatic heterocycles. The average molecular weight is 273 g/mol. The van der Waals surface area contributed by atoms with Crippen LogP contribution < -0.4 is 0 Å². The van der Waals surface area contributed by atoms with Crippen LogP contribution in [0.15, 0.2) is 0 Å². The SMILES string of the molecule is CC(=O)SC1CS(=O)(=O)CC1Br. The summed E-state index contributed by atoms with van der Waals surface area (Å²) in [6, 6.07) is 0. The van der Waals surface area contributed by atoms with Crippen molar-refractivity contribution in [1.29, 1.82) is 0 Å². The van der Waals surface area contributed by atoms with Crippen LogP contribution in [0.2, 0.25) is 0 Å². The third-order valence-electron chi connectivity index (χ3n) is 1.55. The Kier molecular flexibility index (Phi) is 3.22. The zero-order chi connectivity index (χ0) is 9.35. The standard InChI is InChI=1S/C6H9BrO3S2/c1-4(8)11-6-3-12(9,10)2-5(6)7/h5-6H,2-3H2,1H3. The lowest BCUT2D eigenvalue weighted by Gasteiger charge is -2.07. The number of halogens is 1. The van der Waals surface area contributed by atoms with Gasteiger partial charge in [-0.1, -0.05) is 27.7 Å². The van der Waals surface area contributed by atoms with Crippen molar-refractivity contribution < 1.29 is 13.2 Å². The number of hydrogen-bond donors (Lipinski definition) is 0. The smallest absolute Gasteiger partial charge is 0.186 e. The molecule has 0 spiro atoms. The van der Waals surface area contributed by atoms with Gasteiger partial charge in [0.2, 0.25) is 0 Å². The highest BCUT2D eigenvalue weighted by Crippen LogP contribution is 2.29. The van der Waals surface area contributed by atoms with Crippen LogP contribution in [0.25, 0.3) is 0 Å². The summed E-state index contributed by atoms with van der Waals surface area (Å²) < 4.78 is 22.2. The molecule has 3 nitrogen and oxygen atoms in total. The molecule has 70 valence electrons. The first-order chi connectivity index (χ1) is 5.41. The molecule has 0 radical (unpaired) electrons. The highest BCUT2D eigenvalue weighted by Gasteiger charge is 2.37. The molecule has 12 heavy (non-hydrogen) atoms. The molecule has 0 aromatic rings. The Labute approximate surface area is 84.3 Å². The molecule has 0 bridgehead atoms. The summed E-state index contributed by atoms with van der Waals surface area (Å²) in [5, 5.41) is -0.131. The van der Waals surface area contributed by atoms with Gasteiger partial charge in [-0.15, -0.1) is 0 Å². The molecule has 2 atom stereocenters. The van der Waals surface area contributed by atoms with Crippen LogP contribution in [0.5, 0.6) is 0 Å². The number of thioether (sulfide) groups is 1. The lowest BCUT2D eigenvalue weighted by molar-refractivity contribution is -0.109. The molecule has 0 aromatic heterocycles. The van der Waals surface area contributed by atoms with Crippen molar-refractivity contribution in [3.63, 3.8) is 0 Å². The lowest BCUT2D eigenvalue weighted by atomic mass is 10.4. The van der Waals surface area contributed by atoms with E-state index >= 15 is 0 Å². The minimum absolute atomic E-state index is 0.0263. The highest BCUT2D eigenvalue weighted by atomic mass is 79.9. The van der Waals surface area contributed by atoms with E-state index in [9.17, 15) is 13.2 Å². The minimum atomic E-state index is -2.91. The summed E-state index contributed by atoms with van der Waals surface area (Å²) in [7, 11) is -2.91. The van der Waals surface area contributed by atoms with Gasteiger partial charge in [0.1, 0.15) is 0 Å². The van der Waals surface area contributed by atoms with E-state index in [1.807, 2.05) is 0 Å². The van der Waals surface area contributed by atoms with Crippen molar-refractivity contribution in [1.82, 2.24) is 0 Å². The molecule has 2 unspecified atom stereocenters. The van der Waals surface area contributed by atoms with Crippen LogP contribution in [0.1, 0.15) is 6.92 Å². The molecular formula is C6H9BrO3S2. The predicted molar refractivity (Wildman–Crippen MR) is 53.4 cm³/mol. The molecule has 0 N–H and O–H groups in total. The van der Waals surface area contributed by atoms with Gasteiger partial charge in [-0.2, -0.15) is 0 Å². The van der Waals surface area contributed by atoms with Gasteiger partial charge in [0.05, 0.1) is 11.5 Å². The molecule has 6 heteroatoms. The first-order valence-corrected chi connectivity index (χ1v) is 7.04. The van der Waals surface area contributed by atoms with Crippen LogP contribution in [0.4, 0.5) is 0 Å². The van der Waals surface area contributed by atoms with Gasteiger partial charge in [0.25, 0.3) is 0 Å². The minimum Gasteiger partial charge on any atom is -0.288 e. The quantitative estimate of drug-likeness (QED) is 0.664. The summed E-state index contributed by atoms with van der Waals surface area (Å²) in [5.74, 6) is 0.269. The number of alkyl halides is 1. The summed E-state index contributed by atoms with van der Waals surface area (Å²) >= 11 is 4.36. The third-order valence-corrected chi connectivity index (χ3v) is 6.37. The molecular weight excluding hydrogens is 264 g/mol. The summed E-state index contributed by atoms with van der Waals surface area (Å²) in [5.41, 5.74) is 0. The topological polar surface area (TPSA) is 51.2 Å². The van der Waals surface area contributed by atoms with E-state index in [-0.39, 0.29) is 26.7 Å². The van der Waals surface area contributed by atoms with Crippen LogP contribution in [0.3, 0.4) is 0 Å². The van der Waals surface area contributed by atoms with Crippen molar-refractivity contribution in [2.24, 2.45) is 0 Å². The van der Waals surface area contributed by atoms with Crippen molar-refractivity contribution >= 4 is 42.6 Å². The van der Waals surface area contributed by atoms with E-state index < -0.39 is 9.84 Å². The largest absolute Gasteiger partial charge is 0.288 e. The molecule has 1 fully saturated rings. The summed E-state index contributed by atoms with van der Waals surface area (Å²) in [6.07, 6.45) is 0. The Balaban J connectivity index is 2.64. The molecule has 1 saturated heterocycles. The number of rotatable bonds is 1. The second kappa shape index (κ2) is 3.67. The molecule has 0 aromatic carbocycles. The van der Waals surface area contributed by atoms with Crippen molar-refractivity contribution in [2.75, 3.05) is 11.5 Å². The fourth-order valence-electron chi connectivity index (χ4n) is 1.09. The molecule has 1 heterocycles. The van der Waals surface area contributed by atoms with Gasteiger partial charge in [-0.3, -0.25) is 4.79 Å². The maximum absolute atomic E-state index is 11.1. The molecule has 0 saturated carbocycles. The number of sulfone groups is 1. The first-order valence-electron chi connectivity index (χ1n) is 3.42. The van der Waals surface area contributed by atoms with E-state index in [2.05, 4.69) is 15.9 Å². The van der Waals surface area contributed by atoms with Gasteiger partial charge < -0.3 is 0 Å². The van der Waals surface area contributed by atoms with Gasteiger partial charge in [-0.25, -0.2) is 8.42 Å². The fraction of sp³-hybridized carbons (Fsp3) is 0.833. The molecule has 1 aliphatic rings. The van der Waals surface area contributed by atoms with E-state index in [0.717, 1.165) is 11.8 Å². The van der Waals surface area contributed by atoms with Gasteiger partial charge in [-0.05, 0) is 0 Å². The Bertz CT molecular complexity index is 285. The van der Waals surface area contributed by atoms with Crippen molar-refractivity contribution in [2.45, 2.75) is 17.0 Å². The summed E-state index contributed by atoms with van der Waals surface area (Å²) in [6.45, 7) is 1.45. The zero-order valence-corrected chi connectivity index (χ0v) is 9.71. The second-order valence-electron chi connectivity index (χ2n) is 2.74. The third kappa shape index (κ3) is 2.74. The predicted octanol–water partition coefficient (Wildman–Crippen LogP) is 0.827. The number of carbonyl (C=O) groups excluding carboxylic acids is 1. The van der Waals surface area contributed by atoms with Crippen molar-refractivity contribution in [3.05, 3.63) is 0 Å². The van der Waals surface area contributed by atoms with Gasteiger partial charge in [0.15, 0.2) is 15.0 Å². The lowest BCUT2D eigenvalue weighted by Crippen LogP contribution is -2.15. The monoisotopic (exact) mass is 272 g/mol. The van der Waals surface area contributed by atoms with E-state index in [0.29, 0.717) is 0 Å². The van der Waals surface area contributed by atoms with Gasteiger partial charge >= 0.3 is 0 Å². The van der Waals surface area contributed by atoms with E-state index in [4.69, 9.17) is 0 Å². The molecule has 1 rings (SSSR count). The number of carbonyl (C=O) groups is 1. The summed E-state index contributed by atoms with van der Waals surface area (Å²) in [4.78, 5) is 10.6. The van der Waals surface area contributed by atoms with E-state index in [1.54, 1.807) is 0 Å². The van der Waals surface area contributed by atoms with Crippen LogP contribution >= 0.6 is 27.7 Å². The van der Waals surface area contributed by atoms with Crippen LogP contribution in [0, 0.1) is 0 Å². The maximum atomic E-state index is 11.1. The second-order valence-corrected chi connectivity index (χ2v) is 7.49. The Morgan fingerprint density at radius 2 is 2.08 bits per heavy atom. The normalized spacial score (nSPS) is 33.5. The molecule has 0 aliphatic carbocycles. The zero-order valence-electron chi connectivity index (χ0n) is 6.49. The fourth-order valence-corrected chi connectivity index (χ4v) is 6.33. The number of hydrogen-bond acceptors (Lipinski definition) is 4. The average Bonchev–Trinajstić information content (AvgIpc) is 2.03. The first kappa shape index (κ1) is 10.5. The molecule has 0 amide bonds. The van der Waals surface area contributed by atoms with Crippen LogP contribution in [-0.4, -0.2) is 35.1 Å². The van der Waals surface area contributed by atoms with Crippen molar-refractivity contribution in [3.8, 4) is 0 Å². The van der Waals surface area contributed by atoms with E-state index in [1.165, 1.54) is 6.92 Å². The Morgan fingerprint density at radius 3 is 2.42 bits per heavy atom. The van der Waals surface area contributed by atoms with Crippen LogP contribution in [-0.2, 0) is 14.6 Å². The Hall–Kier alpha value is 0.450. The maximum Gasteiger partial charge on any atom is 0.186 e. The Morgan fingerprint density at radius 1 is 1.50 bits per heavy atom. The van der Waals surface area contributed by atoms with Gasteiger partial charge in [0, 0.05) is 17.0 Å².